The molecule has 66 valence electrons. The lowest BCUT2D eigenvalue weighted by molar-refractivity contribution is 0.474. The molecule has 0 radical (unpaired) electrons. The fourth-order valence-corrected chi connectivity index (χ4v) is 1.17. The molecule has 2 nitrogen and oxygen atoms in total. The van der Waals surface area contributed by atoms with Crippen LogP contribution < -0.4 is 0 Å². The normalized spacial score (nSPS) is 10.6. The first kappa shape index (κ1) is 7.91. The van der Waals surface area contributed by atoms with Crippen molar-refractivity contribution >= 4 is 10.9 Å². The third-order valence-electron chi connectivity index (χ3n) is 1.69. The number of benzene rings is 1. The number of pyridine rings is 1. The molecule has 2 aromatic rings. The van der Waals surface area contributed by atoms with Crippen LogP contribution in [-0.2, 0) is 0 Å². The number of aromatic nitrogens is 1. The number of hydrogen-bond acceptors (Lipinski definition) is 2. The van der Waals surface area contributed by atoms with Crippen LogP contribution in [0.5, 0.6) is 5.75 Å². The maximum absolute atomic E-state index is 12.7. The summed E-state index contributed by atoms with van der Waals surface area (Å²) in [5, 5.41) is 9.47. The molecule has 0 aliphatic heterocycles. The van der Waals surface area contributed by atoms with Crippen LogP contribution in [0, 0.1) is 11.6 Å². The lowest BCUT2D eigenvalue weighted by atomic mass is 10.2. The summed E-state index contributed by atoms with van der Waals surface area (Å²) in [6.45, 7) is 0. The summed E-state index contributed by atoms with van der Waals surface area (Å²) in [5.74, 6) is -1.45. The highest BCUT2D eigenvalue weighted by molar-refractivity contribution is 5.84. The summed E-state index contributed by atoms with van der Waals surface area (Å²) in [4.78, 5) is 3.63. The Bertz CT molecular complexity index is 465. The lowest BCUT2D eigenvalue weighted by Crippen LogP contribution is -1.84. The molecule has 0 saturated heterocycles. The average molecular weight is 181 g/mol. The van der Waals surface area contributed by atoms with E-state index >= 15 is 0 Å². The van der Waals surface area contributed by atoms with E-state index in [1.807, 2.05) is 0 Å². The number of phenols is 1. The van der Waals surface area contributed by atoms with Crippen LogP contribution in [0.2, 0.25) is 0 Å². The topological polar surface area (TPSA) is 33.1 Å². The van der Waals surface area contributed by atoms with E-state index < -0.39 is 11.6 Å². The standard InChI is InChI=1S/C9H5F2NO/c10-6-1-5-2-7(11)4-12-9(5)8(13)3-6/h1-4,13H. The van der Waals surface area contributed by atoms with Crippen LogP contribution in [0.15, 0.2) is 24.4 Å². The van der Waals surface area contributed by atoms with Crippen LogP contribution in [0.4, 0.5) is 8.78 Å². The minimum Gasteiger partial charge on any atom is -0.506 e. The van der Waals surface area contributed by atoms with E-state index in [-0.39, 0.29) is 16.7 Å². The van der Waals surface area contributed by atoms with Gasteiger partial charge in [0, 0.05) is 11.5 Å². The molecule has 0 aliphatic rings. The van der Waals surface area contributed by atoms with Gasteiger partial charge in [-0.1, -0.05) is 0 Å². The van der Waals surface area contributed by atoms with Gasteiger partial charge in [-0.25, -0.2) is 13.8 Å². The summed E-state index contributed by atoms with van der Waals surface area (Å²) in [6.07, 6.45) is 0.972. The molecule has 13 heavy (non-hydrogen) atoms. The molecule has 0 unspecified atom stereocenters. The van der Waals surface area contributed by atoms with Gasteiger partial charge in [0.25, 0.3) is 0 Å². The van der Waals surface area contributed by atoms with Gasteiger partial charge in [-0.3, -0.25) is 0 Å². The number of aromatic hydroxyl groups is 1. The van der Waals surface area contributed by atoms with E-state index in [0.717, 1.165) is 24.4 Å². The van der Waals surface area contributed by atoms with Crippen LogP contribution >= 0.6 is 0 Å². The van der Waals surface area contributed by atoms with Crippen molar-refractivity contribution in [3.05, 3.63) is 36.0 Å². The molecule has 1 aromatic heterocycles. The second-order valence-electron chi connectivity index (χ2n) is 2.65. The van der Waals surface area contributed by atoms with Crippen molar-refractivity contribution in [2.45, 2.75) is 0 Å². The van der Waals surface area contributed by atoms with Crippen LogP contribution in [0.3, 0.4) is 0 Å². The third-order valence-corrected chi connectivity index (χ3v) is 1.69. The molecule has 0 bridgehead atoms. The monoisotopic (exact) mass is 181 g/mol. The first-order chi connectivity index (χ1) is 6.16. The molecule has 1 N–H and O–H groups in total. The van der Waals surface area contributed by atoms with E-state index in [1.54, 1.807) is 0 Å². The van der Waals surface area contributed by atoms with Gasteiger partial charge in [-0.05, 0) is 12.1 Å². The van der Waals surface area contributed by atoms with Gasteiger partial charge in [0.05, 0.1) is 6.20 Å². The summed E-state index contributed by atoms with van der Waals surface area (Å²) < 4.78 is 25.4. The van der Waals surface area contributed by atoms with Gasteiger partial charge in [0.2, 0.25) is 0 Å². The number of fused-ring (bicyclic) bond motifs is 1. The number of halogens is 2. The number of rotatable bonds is 0. The molecule has 1 aromatic carbocycles. The van der Waals surface area contributed by atoms with Crippen molar-refractivity contribution in [2.24, 2.45) is 0 Å². The average Bonchev–Trinajstić information content (AvgIpc) is 2.02. The summed E-state index contributed by atoms with van der Waals surface area (Å²) in [6, 6.07) is 3.17. The zero-order valence-electron chi connectivity index (χ0n) is 6.46. The smallest absolute Gasteiger partial charge is 0.144 e. The second kappa shape index (κ2) is 2.65. The van der Waals surface area contributed by atoms with Crippen molar-refractivity contribution in [3.8, 4) is 5.75 Å². The second-order valence-corrected chi connectivity index (χ2v) is 2.65. The van der Waals surface area contributed by atoms with E-state index in [0.29, 0.717) is 0 Å². The fraction of sp³-hybridized carbons (Fsp3) is 0. The molecule has 1 heterocycles. The first-order valence-corrected chi connectivity index (χ1v) is 3.60. The Hall–Kier alpha value is -1.71. The number of nitrogens with zero attached hydrogens (tertiary/aromatic N) is 1. The van der Waals surface area contributed by atoms with Gasteiger partial charge in [0.15, 0.2) is 0 Å². The number of phenolic OH excluding ortho intramolecular Hbond substituents is 1. The maximum atomic E-state index is 12.7. The Balaban J connectivity index is 2.86. The van der Waals surface area contributed by atoms with E-state index in [1.165, 1.54) is 0 Å². The quantitative estimate of drug-likeness (QED) is 0.675. The number of hydrogen-bond donors (Lipinski definition) is 1. The largest absolute Gasteiger partial charge is 0.506 e. The fourth-order valence-electron chi connectivity index (χ4n) is 1.17. The summed E-state index contributed by atoms with van der Waals surface area (Å²) in [7, 11) is 0. The minimum absolute atomic E-state index is 0.197. The molecule has 0 aliphatic carbocycles. The van der Waals surface area contributed by atoms with Crippen LogP contribution in [-0.4, -0.2) is 10.1 Å². The molecule has 0 atom stereocenters. The highest BCUT2D eigenvalue weighted by atomic mass is 19.1. The van der Waals surface area contributed by atoms with Crippen molar-refractivity contribution in [1.82, 2.24) is 4.98 Å². The highest BCUT2D eigenvalue weighted by Crippen LogP contribution is 2.23. The Morgan fingerprint density at radius 1 is 1.08 bits per heavy atom. The maximum Gasteiger partial charge on any atom is 0.144 e. The molecule has 2 rings (SSSR count). The SMILES string of the molecule is Oc1cc(F)cc2cc(F)cnc12. The molecule has 0 saturated carbocycles. The molecule has 0 fully saturated rings. The zero-order chi connectivity index (χ0) is 9.42. The van der Waals surface area contributed by atoms with Crippen molar-refractivity contribution in [1.29, 1.82) is 0 Å². The molecule has 0 amide bonds. The Morgan fingerprint density at radius 3 is 2.54 bits per heavy atom. The molecular formula is C9H5F2NO. The molecule has 0 spiro atoms. The Labute approximate surface area is 72.5 Å². The predicted molar refractivity (Wildman–Crippen MR) is 43.3 cm³/mol. The van der Waals surface area contributed by atoms with Crippen LogP contribution in [0.25, 0.3) is 10.9 Å². The van der Waals surface area contributed by atoms with Crippen molar-refractivity contribution in [2.75, 3.05) is 0 Å². The minimum atomic E-state index is -0.614. The summed E-state index contributed by atoms with van der Waals surface area (Å²) in [5.41, 5.74) is 0.197. The Morgan fingerprint density at radius 2 is 1.77 bits per heavy atom. The van der Waals surface area contributed by atoms with Crippen molar-refractivity contribution < 1.29 is 13.9 Å². The van der Waals surface area contributed by atoms with Gasteiger partial charge in [0.1, 0.15) is 22.9 Å². The lowest BCUT2D eigenvalue weighted by Gasteiger charge is -1.99. The summed E-state index contributed by atoms with van der Waals surface area (Å²) >= 11 is 0. The zero-order valence-corrected chi connectivity index (χ0v) is 6.46. The molecular weight excluding hydrogens is 176 g/mol. The van der Waals surface area contributed by atoms with Gasteiger partial charge in [-0.15, -0.1) is 0 Å². The van der Waals surface area contributed by atoms with Gasteiger partial charge < -0.3 is 5.11 Å². The Kier molecular flexibility index (Phi) is 1.62. The van der Waals surface area contributed by atoms with E-state index in [9.17, 15) is 13.9 Å². The van der Waals surface area contributed by atoms with E-state index in [4.69, 9.17) is 0 Å². The highest BCUT2D eigenvalue weighted by Gasteiger charge is 2.04. The third kappa shape index (κ3) is 1.30. The van der Waals surface area contributed by atoms with E-state index in [2.05, 4.69) is 4.98 Å². The predicted octanol–water partition coefficient (Wildman–Crippen LogP) is 2.22. The van der Waals surface area contributed by atoms with Gasteiger partial charge >= 0.3 is 0 Å². The molecule has 4 heteroatoms. The van der Waals surface area contributed by atoms with Gasteiger partial charge in [-0.2, -0.15) is 0 Å². The first-order valence-electron chi connectivity index (χ1n) is 3.60. The van der Waals surface area contributed by atoms with Crippen LogP contribution in [0.1, 0.15) is 0 Å². The van der Waals surface area contributed by atoms with Crippen molar-refractivity contribution in [3.63, 3.8) is 0 Å².